The number of benzene rings is 7. The van der Waals surface area contributed by atoms with Gasteiger partial charge in [0.25, 0.3) is 0 Å². The largest absolute Gasteiger partial charge is 0.316 e. The fraction of sp³-hybridized carbons (Fsp3) is 0. The topological polar surface area (TPSA) is 35.6 Å². The molecule has 0 aliphatic carbocycles. The van der Waals surface area contributed by atoms with Gasteiger partial charge in [0.05, 0.1) is 27.8 Å². The van der Waals surface area contributed by atoms with E-state index in [1.165, 1.54) is 52.9 Å². The van der Waals surface area contributed by atoms with E-state index in [0.717, 1.165) is 39.1 Å². The first-order chi connectivity index (χ1) is 25.3. The highest BCUT2D eigenvalue weighted by atomic mass is 32.1. The van der Waals surface area contributed by atoms with Crippen molar-refractivity contribution in [1.29, 1.82) is 0 Å². The normalized spacial score (nSPS) is 11.9. The minimum absolute atomic E-state index is 0.710. The molecule has 0 atom stereocenters. The zero-order chi connectivity index (χ0) is 33.5. The molecule has 238 valence electrons. The molecule has 4 heterocycles. The molecule has 0 N–H and O–H groups in total. The lowest BCUT2D eigenvalue weighted by atomic mass is 10.1. The molecule has 11 rings (SSSR count). The minimum atomic E-state index is 0.710. The van der Waals surface area contributed by atoms with Gasteiger partial charge in [-0.15, -0.1) is 11.3 Å². The van der Waals surface area contributed by atoms with Crippen LogP contribution in [0.3, 0.4) is 0 Å². The number of hydrogen-bond donors (Lipinski definition) is 0. The van der Waals surface area contributed by atoms with Gasteiger partial charge >= 0.3 is 0 Å². The third-order valence-corrected chi connectivity index (χ3v) is 11.3. The van der Waals surface area contributed by atoms with Crippen molar-refractivity contribution in [3.63, 3.8) is 0 Å². The van der Waals surface area contributed by atoms with E-state index in [9.17, 15) is 0 Å². The molecule has 11 aromatic rings. The zero-order valence-electron chi connectivity index (χ0n) is 27.4. The van der Waals surface area contributed by atoms with Crippen LogP contribution in [0.25, 0.3) is 97.8 Å². The van der Waals surface area contributed by atoms with E-state index in [4.69, 9.17) is 9.97 Å². The van der Waals surface area contributed by atoms with Gasteiger partial charge in [0.15, 0.2) is 5.82 Å². The fourth-order valence-electron chi connectivity index (χ4n) is 7.90. The molecule has 0 unspecified atom stereocenters. The van der Waals surface area contributed by atoms with E-state index in [-0.39, 0.29) is 0 Å². The lowest BCUT2D eigenvalue weighted by Gasteiger charge is -2.13. The third kappa shape index (κ3) is 4.25. The molecule has 0 aliphatic rings. The monoisotopic (exact) mass is 668 g/mol. The maximum Gasteiger partial charge on any atom is 0.160 e. The van der Waals surface area contributed by atoms with Gasteiger partial charge in [-0.2, -0.15) is 0 Å². The first kappa shape index (κ1) is 28.3. The molecule has 0 saturated heterocycles. The van der Waals surface area contributed by atoms with Crippen LogP contribution in [0, 0.1) is 0 Å². The quantitative estimate of drug-likeness (QED) is 0.187. The molecule has 0 radical (unpaired) electrons. The van der Waals surface area contributed by atoms with E-state index >= 15 is 0 Å². The second-order valence-corrected chi connectivity index (χ2v) is 14.1. The Labute approximate surface area is 297 Å². The summed E-state index contributed by atoms with van der Waals surface area (Å²) in [5.41, 5.74) is 9.73. The Kier molecular flexibility index (Phi) is 6.09. The first-order valence-corrected chi connectivity index (χ1v) is 18.0. The maximum atomic E-state index is 5.24. The summed E-state index contributed by atoms with van der Waals surface area (Å²) in [4.78, 5) is 10.4. The predicted octanol–water partition coefficient (Wildman–Crippen LogP) is 12.4. The van der Waals surface area contributed by atoms with Gasteiger partial charge in [0.1, 0.15) is 0 Å². The molecular formula is C46H28N4S. The van der Waals surface area contributed by atoms with Crippen LogP contribution in [-0.4, -0.2) is 19.1 Å². The van der Waals surface area contributed by atoms with E-state index in [0.29, 0.717) is 5.82 Å². The Morgan fingerprint density at radius 2 is 1.16 bits per heavy atom. The number of aromatic nitrogens is 4. The van der Waals surface area contributed by atoms with Crippen LogP contribution in [0.5, 0.6) is 0 Å². The standard InChI is InChI=1S/C46H28N4S/c1-3-12-29(13-4-1)43-35-18-7-9-20-38(35)47-46(48-43)30-14-11-17-32(28-30)50-44-33(22-24-39-36(44)26-27-49(39)31-15-5-2-6-16-31)34-23-25-41-42(45(34)50)37-19-8-10-21-40(37)51-41/h1-28H. The molecule has 51 heavy (non-hydrogen) atoms. The molecule has 7 aromatic carbocycles. The van der Waals surface area contributed by atoms with Gasteiger partial charge in [-0.25, -0.2) is 9.97 Å². The molecule has 4 nitrogen and oxygen atoms in total. The van der Waals surface area contributed by atoms with Gasteiger partial charge < -0.3 is 9.13 Å². The predicted molar refractivity (Wildman–Crippen MR) is 214 cm³/mol. The van der Waals surface area contributed by atoms with Gasteiger partial charge in [-0.3, -0.25) is 0 Å². The van der Waals surface area contributed by atoms with Gasteiger partial charge in [-0.05, 0) is 54.6 Å². The lowest BCUT2D eigenvalue weighted by molar-refractivity contribution is 1.13. The van der Waals surface area contributed by atoms with E-state index in [1.807, 2.05) is 23.5 Å². The van der Waals surface area contributed by atoms with Crippen molar-refractivity contribution in [3.05, 3.63) is 170 Å². The number of para-hydroxylation sites is 2. The number of thiophene rings is 1. The molecular weight excluding hydrogens is 641 g/mol. The lowest BCUT2D eigenvalue weighted by Crippen LogP contribution is -1.98. The zero-order valence-corrected chi connectivity index (χ0v) is 28.2. The van der Waals surface area contributed by atoms with Gasteiger partial charge in [0.2, 0.25) is 0 Å². The highest BCUT2D eigenvalue weighted by Crippen LogP contribution is 2.45. The Balaban J connectivity index is 1.23. The summed E-state index contributed by atoms with van der Waals surface area (Å²) in [6.45, 7) is 0. The van der Waals surface area contributed by atoms with Gasteiger partial charge in [0, 0.05) is 70.4 Å². The summed E-state index contributed by atoms with van der Waals surface area (Å²) in [6.07, 6.45) is 2.20. The number of fused-ring (bicyclic) bond motifs is 10. The van der Waals surface area contributed by atoms with Crippen molar-refractivity contribution in [2.45, 2.75) is 0 Å². The van der Waals surface area contributed by atoms with E-state index in [1.54, 1.807) is 0 Å². The van der Waals surface area contributed by atoms with Crippen LogP contribution in [0.1, 0.15) is 0 Å². The van der Waals surface area contributed by atoms with Crippen LogP contribution in [-0.2, 0) is 0 Å². The number of hydrogen-bond acceptors (Lipinski definition) is 3. The molecule has 0 bridgehead atoms. The number of nitrogens with zero attached hydrogens (tertiary/aromatic N) is 4. The highest BCUT2D eigenvalue weighted by Gasteiger charge is 2.21. The molecule has 0 amide bonds. The van der Waals surface area contributed by atoms with E-state index < -0.39 is 0 Å². The Morgan fingerprint density at radius 3 is 2.04 bits per heavy atom. The summed E-state index contributed by atoms with van der Waals surface area (Å²) in [6, 6.07) is 58.3. The van der Waals surface area contributed by atoms with Crippen molar-refractivity contribution in [2.24, 2.45) is 0 Å². The van der Waals surface area contributed by atoms with Gasteiger partial charge in [-0.1, -0.05) is 109 Å². The maximum absolute atomic E-state index is 5.24. The van der Waals surface area contributed by atoms with Crippen LogP contribution >= 0.6 is 11.3 Å². The van der Waals surface area contributed by atoms with E-state index in [2.05, 4.69) is 167 Å². The SMILES string of the molecule is c1ccc(-c2nc(-c3cccc(-n4c5c(ccc6c5ccn6-c5ccccc5)c5ccc6sc7ccccc7c6c54)c3)nc3ccccc23)cc1. The molecule has 0 aliphatic heterocycles. The smallest absolute Gasteiger partial charge is 0.160 e. The molecule has 5 heteroatoms. The average molecular weight is 669 g/mol. The molecule has 0 fully saturated rings. The summed E-state index contributed by atoms with van der Waals surface area (Å²) in [5.74, 6) is 0.710. The summed E-state index contributed by atoms with van der Waals surface area (Å²) >= 11 is 1.86. The molecule has 0 spiro atoms. The average Bonchev–Trinajstić information content (AvgIpc) is 3.90. The van der Waals surface area contributed by atoms with Crippen molar-refractivity contribution in [2.75, 3.05) is 0 Å². The molecule has 4 aromatic heterocycles. The van der Waals surface area contributed by atoms with Crippen LogP contribution in [0.4, 0.5) is 0 Å². The summed E-state index contributed by atoms with van der Waals surface area (Å²) in [5, 5.41) is 7.31. The Bertz CT molecular complexity index is 3130. The summed E-state index contributed by atoms with van der Waals surface area (Å²) in [7, 11) is 0. The minimum Gasteiger partial charge on any atom is -0.316 e. The van der Waals surface area contributed by atoms with Crippen LogP contribution < -0.4 is 0 Å². The van der Waals surface area contributed by atoms with Crippen molar-refractivity contribution >= 4 is 75.1 Å². The Hall–Kier alpha value is -6.56. The third-order valence-electron chi connectivity index (χ3n) is 10.1. The Morgan fingerprint density at radius 1 is 0.451 bits per heavy atom. The van der Waals surface area contributed by atoms with Crippen molar-refractivity contribution < 1.29 is 0 Å². The second kappa shape index (κ2) is 11.0. The van der Waals surface area contributed by atoms with Crippen LogP contribution in [0.2, 0.25) is 0 Å². The molecule has 0 saturated carbocycles. The van der Waals surface area contributed by atoms with Crippen molar-refractivity contribution in [1.82, 2.24) is 19.1 Å². The first-order valence-electron chi connectivity index (χ1n) is 17.2. The summed E-state index contributed by atoms with van der Waals surface area (Å²) < 4.78 is 7.36. The van der Waals surface area contributed by atoms with Crippen LogP contribution in [0.15, 0.2) is 170 Å². The van der Waals surface area contributed by atoms with Crippen molar-refractivity contribution in [3.8, 4) is 34.0 Å². The fourth-order valence-corrected chi connectivity index (χ4v) is 9.01. The highest BCUT2D eigenvalue weighted by molar-refractivity contribution is 7.26. The second-order valence-electron chi connectivity index (χ2n) is 13.0. The number of rotatable bonds is 4.